The first-order valence-electron chi connectivity index (χ1n) is 7.52. The maximum atomic E-state index is 11.6. The zero-order valence-corrected chi connectivity index (χ0v) is 12.6. The summed E-state index contributed by atoms with van der Waals surface area (Å²) in [7, 11) is 0. The van der Waals surface area contributed by atoms with E-state index >= 15 is 0 Å². The zero-order chi connectivity index (χ0) is 15.9. The minimum Gasteiger partial charge on any atom is -0.465 e. The Morgan fingerprint density at radius 1 is 1.18 bits per heavy atom. The van der Waals surface area contributed by atoms with E-state index in [1.807, 2.05) is 18.2 Å². The fourth-order valence-electron chi connectivity index (χ4n) is 3.37. The summed E-state index contributed by atoms with van der Waals surface area (Å²) in [5, 5.41) is 19.8. The summed E-state index contributed by atoms with van der Waals surface area (Å²) in [6, 6.07) is 5.71. The third kappa shape index (κ3) is 2.43. The molecule has 2 N–H and O–H groups in total. The predicted molar refractivity (Wildman–Crippen MR) is 80.9 cm³/mol. The van der Waals surface area contributed by atoms with Gasteiger partial charge < -0.3 is 20.0 Å². The topological polar surface area (TPSA) is 81.1 Å². The molecule has 2 aliphatic heterocycles. The van der Waals surface area contributed by atoms with Crippen LogP contribution in [0.15, 0.2) is 18.2 Å². The van der Waals surface area contributed by atoms with Crippen LogP contribution in [0, 0.1) is 0 Å². The maximum absolute atomic E-state index is 11.6. The SMILES string of the molecule is CC(=O)N1CCc2cc(C3(O)CCN(C(=O)O)CC3)ccc21. The molecular weight excluding hydrogens is 284 g/mol. The molecule has 1 fully saturated rings. The highest BCUT2D eigenvalue weighted by atomic mass is 16.4. The summed E-state index contributed by atoms with van der Waals surface area (Å²) < 4.78 is 0. The van der Waals surface area contributed by atoms with Gasteiger partial charge in [-0.1, -0.05) is 12.1 Å². The first-order chi connectivity index (χ1) is 10.4. The molecule has 22 heavy (non-hydrogen) atoms. The molecule has 0 radical (unpaired) electrons. The summed E-state index contributed by atoms with van der Waals surface area (Å²) >= 11 is 0. The van der Waals surface area contributed by atoms with Gasteiger partial charge in [0.15, 0.2) is 0 Å². The van der Waals surface area contributed by atoms with Crippen molar-refractivity contribution < 1.29 is 19.8 Å². The van der Waals surface area contributed by atoms with Crippen LogP contribution in [-0.2, 0) is 16.8 Å². The van der Waals surface area contributed by atoms with E-state index in [1.165, 1.54) is 4.90 Å². The number of carboxylic acid groups (broad SMARTS) is 1. The van der Waals surface area contributed by atoms with E-state index < -0.39 is 11.7 Å². The molecule has 0 atom stereocenters. The lowest BCUT2D eigenvalue weighted by atomic mass is 9.83. The quantitative estimate of drug-likeness (QED) is 0.825. The fourth-order valence-corrected chi connectivity index (χ4v) is 3.37. The first kappa shape index (κ1) is 14.8. The number of carbonyl (C=O) groups excluding carboxylic acids is 1. The predicted octanol–water partition coefficient (Wildman–Crippen LogP) is 1.56. The van der Waals surface area contributed by atoms with Crippen molar-refractivity contribution in [3.8, 4) is 0 Å². The largest absolute Gasteiger partial charge is 0.465 e. The number of piperidine rings is 1. The lowest BCUT2D eigenvalue weighted by Crippen LogP contribution is -2.44. The molecule has 1 aromatic carbocycles. The summed E-state index contributed by atoms with van der Waals surface area (Å²) in [6.07, 6.45) is 0.649. The van der Waals surface area contributed by atoms with Crippen molar-refractivity contribution >= 4 is 17.7 Å². The molecule has 0 spiro atoms. The van der Waals surface area contributed by atoms with Crippen LogP contribution in [-0.4, -0.2) is 46.7 Å². The van der Waals surface area contributed by atoms with Gasteiger partial charge in [-0.3, -0.25) is 4.79 Å². The average molecular weight is 304 g/mol. The van der Waals surface area contributed by atoms with Crippen LogP contribution >= 0.6 is 0 Å². The molecule has 0 unspecified atom stereocenters. The number of carbonyl (C=O) groups is 2. The third-order valence-electron chi connectivity index (χ3n) is 4.75. The van der Waals surface area contributed by atoms with E-state index in [4.69, 9.17) is 5.11 Å². The van der Waals surface area contributed by atoms with E-state index in [0.717, 1.165) is 23.2 Å². The number of anilines is 1. The Morgan fingerprint density at radius 2 is 1.86 bits per heavy atom. The minimum atomic E-state index is -0.982. The van der Waals surface area contributed by atoms with Crippen molar-refractivity contribution in [1.82, 2.24) is 4.90 Å². The van der Waals surface area contributed by atoms with E-state index in [-0.39, 0.29) is 5.91 Å². The van der Waals surface area contributed by atoms with Crippen LogP contribution in [0.4, 0.5) is 10.5 Å². The van der Waals surface area contributed by atoms with Gasteiger partial charge in [-0.05, 0) is 36.5 Å². The molecule has 6 nitrogen and oxygen atoms in total. The Balaban J connectivity index is 1.82. The number of nitrogens with zero attached hydrogens (tertiary/aromatic N) is 2. The number of rotatable bonds is 1. The molecule has 0 aromatic heterocycles. The van der Waals surface area contributed by atoms with Crippen molar-refractivity contribution in [2.24, 2.45) is 0 Å². The first-order valence-corrected chi connectivity index (χ1v) is 7.52. The number of benzene rings is 1. The summed E-state index contributed by atoms with van der Waals surface area (Å²) in [5.74, 6) is 0.0278. The Bertz CT molecular complexity index is 621. The molecular formula is C16H20N2O4. The molecule has 3 rings (SSSR count). The second-order valence-corrected chi connectivity index (χ2v) is 6.07. The average Bonchev–Trinajstić information content (AvgIpc) is 2.90. The lowest BCUT2D eigenvalue weighted by molar-refractivity contribution is -0.116. The van der Waals surface area contributed by atoms with Gasteiger partial charge in [-0.25, -0.2) is 4.79 Å². The summed E-state index contributed by atoms with van der Waals surface area (Å²) in [6.45, 7) is 2.91. The van der Waals surface area contributed by atoms with Gasteiger partial charge >= 0.3 is 6.09 Å². The van der Waals surface area contributed by atoms with Crippen LogP contribution in [0.25, 0.3) is 0 Å². The Labute approximate surface area is 129 Å². The van der Waals surface area contributed by atoms with Crippen LogP contribution in [0.2, 0.25) is 0 Å². The molecule has 1 saturated heterocycles. The molecule has 1 aromatic rings. The van der Waals surface area contributed by atoms with Crippen molar-refractivity contribution in [3.63, 3.8) is 0 Å². The smallest absolute Gasteiger partial charge is 0.407 e. The highest BCUT2D eigenvalue weighted by molar-refractivity contribution is 5.93. The van der Waals surface area contributed by atoms with Gasteiger partial charge in [-0.15, -0.1) is 0 Å². The molecule has 118 valence electrons. The van der Waals surface area contributed by atoms with Crippen molar-refractivity contribution in [3.05, 3.63) is 29.3 Å². The molecule has 0 bridgehead atoms. The second kappa shape index (κ2) is 5.28. The third-order valence-corrected chi connectivity index (χ3v) is 4.75. The number of amides is 2. The molecule has 0 saturated carbocycles. The van der Waals surface area contributed by atoms with Gasteiger partial charge in [-0.2, -0.15) is 0 Å². The lowest BCUT2D eigenvalue weighted by Gasteiger charge is -2.37. The Kier molecular flexibility index (Phi) is 3.56. The Hall–Kier alpha value is -2.08. The molecule has 2 aliphatic rings. The molecule has 0 aliphatic carbocycles. The van der Waals surface area contributed by atoms with Gasteiger partial charge in [0.1, 0.15) is 0 Å². The second-order valence-electron chi connectivity index (χ2n) is 6.07. The van der Waals surface area contributed by atoms with E-state index in [9.17, 15) is 14.7 Å². The monoisotopic (exact) mass is 304 g/mol. The van der Waals surface area contributed by atoms with Gasteiger partial charge in [0, 0.05) is 32.2 Å². The molecule has 2 heterocycles. The van der Waals surface area contributed by atoms with Gasteiger partial charge in [0.05, 0.1) is 5.60 Å². The fraction of sp³-hybridized carbons (Fsp3) is 0.500. The van der Waals surface area contributed by atoms with E-state index in [0.29, 0.717) is 32.5 Å². The number of likely N-dealkylation sites (tertiary alicyclic amines) is 1. The zero-order valence-electron chi connectivity index (χ0n) is 12.6. The number of hydrogen-bond donors (Lipinski definition) is 2. The standard InChI is InChI=1S/C16H20N2O4/c1-11(19)18-7-4-12-10-13(2-3-14(12)18)16(22)5-8-17(9-6-16)15(20)21/h2-3,10,22H,4-9H2,1H3,(H,20,21). The van der Waals surface area contributed by atoms with Crippen LogP contribution in [0.3, 0.4) is 0 Å². The number of hydrogen-bond acceptors (Lipinski definition) is 3. The summed E-state index contributed by atoms with van der Waals surface area (Å²) in [5.41, 5.74) is 1.83. The van der Waals surface area contributed by atoms with E-state index in [1.54, 1.807) is 11.8 Å². The maximum Gasteiger partial charge on any atom is 0.407 e. The van der Waals surface area contributed by atoms with Gasteiger partial charge in [0.25, 0.3) is 0 Å². The van der Waals surface area contributed by atoms with Crippen molar-refractivity contribution in [2.45, 2.75) is 31.8 Å². The van der Waals surface area contributed by atoms with Crippen molar-refractivity contribution in [2.75, 3.05) is 24.5 Å². The van der Waals surface area contributed by atoms with E-state index in [2.05, 4.69) is 0 Å². The van der Waals surface area contributed by atoms with Crippen LogP contribution < -0.4 is 4.90 Å². The van der Waals surface area contributed by atoms with Gasteiger partial charge in [0.2, 0.25) is 5.91 Å². The molecule has 6 heteroatoms. The number of aliphatic hydroxyl groups is 1. The highest BCUT2D eigenvalue weighted by Crippen LogP contribution is 2.37. The normalized spacial score (nSPS) is 19.9. The minimum absolute atomic E-state index is 0.0278. The Morgan fingerprint density at radius 3 is 2.45 bits per heavy atom. The number of fused-ring (bicyclic) bond motifs is 1. The molecule has 2 amide bonds. The van der Waals surface area contributed by atoms with Crippen molar-refractivity contribution in [1.29, 1.82) is 0 Å². The summed E-state index contributed by atoms with van der Waals surface area (Å²) in [4.78, 5) is 25.6. The highest BCUT2D eigenvalue weighted by Gasteiger charge is 2.36. The van der Waals surface area contributed by atoms with Crippen LogP contribution in [0.5, 0.6) is 0 Å². The van der Waals surface area contributed by atoms with Crippen LogP contribution in [0.1, 0.15) is 30.9 Å².